The molecule has 6 aromatic rings. The van der Waals surface area contributed by atoms with Gasteiger partial charge in [-0.05, 0) is 132 Å². The summed E-state index contributed by atoms with van der Waals surface area (Å²) in [6, 6.07) is 24.8. The number of alkyl carbamates (subject to hydrolysis) is 2. The number of aromatic amines is 2. The average Bonchev–Trinajstić information content (AvgIpc) is 4.15. The average molecular weight is 893 g/mol. The Balaban J connectivity index is 0.941. The first-order valence-electron chi connectivity index (χ1n) is 23.4. The molecule has 0 saturated carbocycles. The van der Waals surface area contributed by atoms with Crippen LogP contribution in [-0.4, -0.2) is 93.1 Å². The van der Waals surface area contributed by atoms with Gasteiger partial charge in [0.1, 0.15) is 23.7 Å². The first kappa shape index (κ1) is 44.5. The number of likely N-dealkylation sites (tertiary alicyclic amines) is 2. The van der Waals surface area contributed by atoms with Crippen LogP contribution in [0.1, 0.15) is 99.4 Å². The number of methoxy groups -OCH3 is 2. The molecule has 4 atom stereocenters. The fourth-order valence-electron chi connectivity index (χ4n) is 10.2. The molecule has 2 aromatic heterocycles. The highest BCUT2D eigenvalue weighted by molar-refractivity contribution is 5.88. The number of aryl methyl sites for hydroxylation is 4. The lowest BCUT2D eigenvalue weighted by Crippen LogP contribution is -2.51. The van der Waals surface area contributed by atoms with Crippen molar-refractivity contribution in [2.24, 2.45) is 11.8 Å². The van der Waals surface area contributed by atoms with Crippen LogP contribution in [0.2, 0.25) is 0 Å². The number of carbonyl (C=O) groups excluding carboxylic acids is 4. The second-order valence-corrected chi connectivity index (χ2v) is 18.8. The fraction of sp³-hybridized carbons (Fsp3) is 0.423. The van der Waals surface area contributed by atoms with Gasteiger partial charge in [0, 0.05) is 13.1 Å². The van der Waals surface area contributed by atoms with Crippen molar-refractivity contribution in [3.63, 3.8) is 0 Å². The summed E-state index contributed by atoms with van der Waals surface area (Å²) in [6.07, 6.45) is 5.52. The first-order valence-corrected chi connectivity index (χ1v) is 23.4. The molecule has 344 valence electrons. The summed E-state index contributed by atoms with van der Waals surface area (Å²) in [6.45, 7) is 8.88. The lowest BCUT2D eigenvalue weighted by atomic mass is 9.87. The zero-order chi connectivity index (χ0) is 46.2. The number of nitrogens with one attached hydrogen (secondary N) is 4. The Bertz CT molecular complexity index is 2620. The van der Waals surface area contributed by atoms with E-state index >= 15 is 0 Å². The molecule has 2 saturated heterocycles. The van der Waals surface area contributed by atoms with E-state index in [0.717, 1.165) is 96.2 Å². The van der Waals surface area contributed by atoms with Crippen molar-refractivity contribution in [2.75, 3.05) is 27.3 Å². The molecule has 4 unspecified atom stereocenters. The molecular weight excluding hydrogens is 833 g/mol. The van der Waals surface area contributed by atoms with E-state index in [1.807, 2.05) is 37.5 Å². The van der Waals surface area contributed by atoms with E-state index in [4.69, 9.17) is 19.4 Å². The van der Waals surface area contributed by atoms with Crippen molar-refractivity contribution in [2.45, 2.75) is 103 Å². The molecule has 4 bridgehead atoms. The number of fused-ring (bicyclic) bond motifs is 2. The van der Waals surface area contributed by atoms with Gasteiger partial charge in [-0.25, -0.2) is 19.6 Å². The number of rotatable bonds is 10. The van der Waals surface area contributed by atoms with Crippen LogP contribution >= 0.6 is 0 Å². The molecular formula is C52H60N8O6. The van der Waals surface area contributed by atoms with E-state index in [9.17, 15) is 19.2 Å². The number of H-pyrrole nitrogens is 2. The standard InChI is InChI=1S/C52H60N8O6/c1-29(2)45(57-51(63)65-5)49(61)59-23-7-9-43(59)47-53-39-21-19-35(27-41(39)55-47)37-25-31-11-15-33(37)17-13-32-12-16-34(18-14-31)38(26-32)36-20-22-40-42(28-36)56-48(54-40)44-10-8-24-60(44)50(62)46(30(3)4)58-52(64)66-6/h11-12,15-16,19-22,25-30,43-46H,7-10,13-14,17-18,23-24H2,1-6H3,(H,53,55)(H,54,56)(H,57,63)(H,58,64). The van der Waals surface area contributed by atoms with E-state index in [0.29, 0.717) is 13.1 Å². The molecule has 12 rings (SSSR count). The van der Waals surface area contributed by atoms with Gasteiger partial charge < -0.3 is 39.9 Å². The highest BCUT2D eigenvalue weighted by atomic mass is 16.5. The predicted octanol–water partition coefficient (Wildman–Crippen LogP) is 8.75. The second kappa shape index (κ2) is 18.7. The van der Waals surface area contributed by atoms with Crippen LogP contribution in [0.5, 0.6) is 0 Å². The Kier molecular flexibility index (Phi) is 12.6. The van der Waals surface area contributed by atoms with Crippen LogP contribution in [-0.2, 0) is 44.7 Å². The summed E-state index contributed by atoms with van der Waals surface area (Å²) in [5, 5.41) is 5.48. The number of hydrogen-bond acceptors (Lipinski definition) is 8. The maximum Gasteiger partial charge on any atom is 0.407 e. The summed E-state index contributed by atoms with van der Waals surface area (Å²) >= 11 is 0. The van der Waals surface area contributed by atoms with Gasteiger partial charge in [-0.2, -0.15) is 0 Å². The van der Waals surface area contributed by atoms with Crippen molar-refractivity contribution < 1.29 is 28.7 Å². The van der Waals surface area contributed by atoms with E-state index in [1.165, 1.54) is 47.6 Å². The molecule has 4 N–H and O–H groups in total. The lowest BCUT2D eigenvalue weighted by Gasteiger charge is -2.29. The van der Waals surface area contributed by atoms with Crippen LogP contribution < -0.4 is 10.6 Å². The normalized spacial score (nSPS) is 18.2. The summed E-state index contributed by atoms with van der Waals surface area (Å²) in [7, 11) is 2.61. The van der Waals surface area contributed by atoms with Gasteiger partial charge in [0.2, 0.25) is 11.8 Å². The summed E-state index contributed by atoms with van der Waals surface area (Å²) in [4.78, 5) is 72.7. The monoisotopic (exact) mass is 892 g/mol. The molecule has 4 aliphatic carbocycles. The molecule has 4 heterocycles. The van der Waals surface area contributed by atoms with Gasteiger partial charge in [-0.3, -0.25) is 9.59 Å². The minimum absolute atomic E-state index is 0.108. The van der Waals surface area contributed by atoms with Gasteiger partial charge >= 0.3 is 12.2 Å². The number of amides is 4. The van der Waals surface area contributed by atoms with Crippen molar-refractivity contribution in [1.82, 2.24) is 40.4 Å². The van der Waals surface area contributed by atoms with Crippen LogP contribution in [0.4, 0.5) is 9.59 Å². The number of carbonyl (C=O) groups is 4. The molecule has 2 aliphatic heterocycles. The van der Waals surface area contributed by atoms with Crippen molar-refractivity contribution in [1.29, 1.82) is 0 Å². The number of aromatic nitrogens is 4. The Morgan fingerprint density at radius 3 is 1.41 bits per heavy atom. The summed E-state index contributed by atoms with van der Waals surface area (Å²) < 4.78 is 9.64. The first-order chi connectivity index (χ1) is 31.9. The molecule has 14 nitrogen and oxygen atoms in total. The molecule has 2 fully saturated rings. The molecule has 0 spiro atoms. The Morgan fingerprint density at radius 1 is 0.591 bits per heavy atom. The Morgan fingerprint density at radius 2 is 1.02 bits per heavy atom. The topological polar surface area (TPSA) is 175 Å². The van der Waals surface area contributed by atoms with E-state index < -0.39 is 24.3 Å². The summed E-state index contributed by atoms with van der Waals surface area (Å²) in [5.41, 5.74) is 13.3. The van der Waals surface area contributed by atoms with Crippen LogP contribution in [0.3, 0.4) is 0 Å². The SMILES string of the molecule is COC(=O)NC(C(=O)N1CCCC1c1nc2ccc(-c3cc4ccc3CCc3ccc(c(-c5ccc6nc(C7CCCN7C(=O)C(NC(=O)OC)C(C)C)[nH]c6c5)c3)CC4)cc2[nH]1)C(C)C. The molecule has 4 aromatic carbocycles. The van der Waals surface area contributed by atoms with Gasteiger partial charge in [0.05, 0.1) is 48.4 Å². The van der Waals surface area contributed by atoms with Gasteiger partial charge in [-0.1, -0.05) is 76.2 Å². The van der Waals surface area contributed by atoms with Crippen LogP contribution in [0.15, 0.2) is 72.8 Å². The lowest BCUT2D eigenvalue weighted by molar-refractivity contribution is -0.136. The van der Waals surface area contributed by atoms with Gasteiger partial charge in [0.15, 0.2) is 0 Å². The zero-order valence-electron chi connectivity index (χ0n) is 38.7. The number of ether oxygens (including phenoxy) is 2. The van der Waals surface area contributed by atoms with Crippen molar-refractivity contribution in [3.8, 4) is 22.3 Å². The van der Waals surface area contributed by atoms with E-state index in [-0.39, 0.29) is 35.7 Å². The van der Waals surface area contributed by atoms with Crippen molar-refractivity contribution in [3.05, 3.63) is 107 Å². The predicted molar refractivity (Wildman–Crippen MR) is 254 cm³/mol. The number of hydrogen-bond donors (Lipinski definition) is 4. The smallest absolute Gasteiger partial charge is 0.407 e. The van der Waals surface area contributed by atoms with Crippen LogP contribution in [0.25, 0.3) is 44.3 Å². The van der Waals surface area contributed by atoms with E-state index in [1.54, 1.807) is 0 Å². The molecule has 66 heavy (non-hydrogen) atoms. The Labute approximate surface area is 385 Å². The van der Waals surface area contributed by atoms with Crippen LogP contribution in [0, 0.1) is 11.8 Å². The maximum absolute atomic E-state index is 13.8. The zero-order valence-corrected chi connectivity index (χ0v) is 38.7. The third-order valence-electron chi connectivity index (χ3n) is 13.8. The highest BCUT2D eigenvalue weighted by Gasteiger charge is 2.39. The van der Waals surface area contributed by atoms with Gasteiger partial charge in [-0.15, -0.1) is 0 Å². The molecule has 6 aliphatic rings. The number of imidazole rings is 2. The number of benzene rings is 4. The highest BCUT2D eigenvalue weighted by Crippen LogP contribution is 2.37. The second-order valence-electron chi connectivity index (χ2n) is 18.8. The van der Waals surface area contributed by atoms with Gasteiger partial charge in [0.25, 0.3) is 0 Å². The maximum atomic E-state index is 13.8. The summed E-state index contributed by atoms with van der Waals surface area (Å²) in [5.74, 6) is 1.05. The molecule has 14 heteroatoms. The van der Waals surface area contributed by atoms with Crippen molar-refractivity contribution >= 4 is 46.1 Å². The third kappa shape index (κ3) is 8.84. The largest absolute Gasteiger partial charge is 0.453 e. The molecule has 0 radical (unpaired) electrons. The third-order valence-corrected chi connectivity index (χ3v) is 13.8. The quantitative estimate of drug-likeness (QED) is 0.106. The fourth-order valence-corrected chi connectivity index (χ4v) is 10.2. The number of nitrogens with zero attached hydrogens (tertiary/aromatic N) is 4. The Hall–Kier alpha value is -6.70. The minimum Gasteiger partial charge on any atom is -0.453 e. The van der Waals surface area contributed by atoms with E-state index in [2.05, 4.69) is 93.4 Å². The minimum atomic E-state index is -0.692. The molecule has 4 amide bonds.